The second-order valence-corrected chi connectivity index (χ2v) is 6.08. The second-order valence-electron chi connectivity index (χ2n) is 5.62. The van der Waals surface area contributed by atoms with Gasteiger partial charge in [0.1, 0.15) is 0 Å². The van der Waals surface area contributed by atoms with Crippen molar-refractivity contribution >= 4 is 22.1 Å². The molecule has 0 unspecified atom stereocenters. The van der Waals surface area contributed by atoms with Crippen molar-refractivity contribution in [3.63, 3.8) is 0 Å². The average Bonchev–Trinajstić information content (AvgIpc) is 2.53. The maximum Gasteiger partial charge on any atom is 0.184 e. The highest BCUT2D eigenvalue weighted by Crippen LogP contribution is 2.30. The van der Waals surface area contributed by atoms with Crippen LogP contribution in [0.1, 0.15) is 32.6 Å². The van der Waals surface area contributed by atoms with Crippen LogP contribution in [-0.4, -0.2) is 25.0 Å². The summed E-state index contributed by atoms with van der Waals surface area (Å²) in [5.74, 6) is 0.385. The number of hydrogen-bond donors (Lipinski definition) is 0. The molecule has 1 fully saturated rings. The zero-order valence-corrected chi connectivity index (χ0v) is 14.3. The lowest BCUT2D eigenvalue weighted by Crippen LogP contribution is -2.42. The molecule has 114 valence electrons. The number of nitrogens with zero attached hydrogens (tertiary/aromatic N) is 1. The van der Waals surface area contributed by atoms with Gasteiger partial charge >= 0.3 is 0 Å². The normalized spacial score (nSPS) is 27.5. The highest BCUT2D eigenvalue weighted by Gasteiger charge is 2.34. The molecule has 1 aromatic carbocycles. The smallest absolute Gasteiger partial charge is 0.184 e. The Morgan fingerprint density at radius 3 is 2.67 bits per heavy atom. The Kier molecular flexibility index (Phi) is 6.15. The van der Waals surface area contributed by atoms with E-state index in [-0.39, 0.29) is 18.4 Å². The van der Waals surface area contributed by atoms with Crippen LogP contribution in [-0.2, 0) is 9.47 Å². The van der Waals surface area contributed by atoms with Gasteiger partial charge in [0.2, 0.25) is 0 Å². The van der Waals surface area contributed by atoms with E-state index < -0.39 is 0 Å². The summed E-state index contributed by atoms with van der Waals surface area (Å²) in [5, 5.41) is 0. The Morgan fingerprint density at radius 1 is 1.33 bits per heavy atom. The van der Waals surface area contributed by atoms with Crippen molar-refractivity contribution in [1.29, 1.82) is 0 Å². The topological polar surface area (TPSA) is 30.8 Å². The minimum atomic E-state index is -0.294. The van der Waals surface area contributed by atoms with Crippen LogP contribution in [0.4, 0.5) is 0 Å². The first-order chi connectivity index (χ1) is 10.1. The van der Waals surface area contributed by atoms with Crippen molar-refractivity contribution < 1.29 is 9.47 Å². The van der Waals surface area contributed by atoms with E-state index in [1.807, 2.05) is 48.5 Å². The molecule has 1 aliphatic rings. The molecule has 0 spiro atoms. The molecule has 3 nitrogen and oxygen atoms in total. The molecule has 0 saturated carbocycles. The third kappa shape index (κ3) is 4.50. The van der Waals surface area contributed by atoms with E-state index in [9.17, 15) is 0 Å². The van der Waals surface area contributed by atoms with Crippen molar-refractivity contribution in [2.24, 2.45) is 10.9 Å². The number of halogens is 1. The number of allylic oxidation sites excluding steroid dienone is 1. The van der Waals surface area contributed by atoms with Gasteiger partial charge in [-0.05, 0) is 23.4 Å². The SMILES string of the molecule is C/C(C=N[C@@H]1CO[C@@H](c2ccccc2)O[C@H]1C(C)C)=C\Br. The van der Waals surface area contributed by atoms with E-state index in [0.717, 1.165) is 11.1 Å². The van der Waals surface area contributed by atoms with E-state index in [0.29, 0.717) is 12.5 Å². The molecule has 1 aromatic rings. The Hall–Kier alpha value is -0.970. The monoisotopic (exact) mass is 351 g/mol. The highest BCUT2D eigenvalue weighted by atomic mass is 79.9. The lowest BCUT2D eigenvalue weighted by Gasteiger charge is -2.37. The van der Waals surface area contributed by atoms with Crippen LogP contribution < -0.4 is 0 Å². The van der Waals surface area contributed by atoms with Crippen molar-refractivity contribution in [2.45, 2.75) is 39.2 Å². The lowest BCUT2D eigenvalue weighted by molar-refractivity contribution is -0.233. The van der Waals surface area contributed by atoms with Crippen molar-refractivity contribution in [3.8, 4) is 0 Å². The van der Waals surface area contributed by atoms with Crippen LogP contribution in [0.2, 0.25) is 0 Å². The van der Waals surface area contributed by atoms with Gasteiger partial charge in [0.25, 0.3) is 0 Å². The Labute approximate surface area is 135 Å². The molecule has 1 aliphatic heterocycles. The largest absolute Gasteiger partial charge is 0.346 e. The number of benzene rings is 1. The van der Waals surface area contributed by atoms with Gasteiger partial charge in [-0.1, -0.05) is 60.1 Å². The molecule has 0 radical (unpaired) electrons. The summed E-state index contributed by atoms with van der Waals surface area (Å²) in [6.07, 6.45) is 1.63. The van der Waals surface area contributed by atoms with Crippen LogP contribution in [0.15, 0.2) is 45.9 Å². The minimum Gasteiger partial charge on any atom is -0.346 e. The van der Waals surface area contributed by atoms with E-state index in [1.54, 1.807) is 0 Å². The molecular weight excluding hydrogens is 330 g/mol. The molecule has 4 heteroatoms. The fourth-order valence-electron chi connectivity index (χ4n) is 2.31. The van der Waals surface area contributed by atoms with Crippen LogP contribution in [0.25, 0.3) is 0 Å². The maximum absolute atomic E-state index is 6.15. The van der Waals surface area contributed by atoms with Gasteiger partial charge in [-0.3, -0.25) is 4.99 Å². The lowest BCUT2D eigenvalue weighted by atomic mass is 9.99. The van der Waals surface area contributed by atoms with Gasteiger partial charge in [0, 0.05) is 11.8 Å². The maximum atomic E-state index is 6.15. The first-order valence-electron chi connectivity index (χ1n) is 7.24. The summed E-state index contributed by atoms with van der Waals surface area (Å²) >= 11 is 3.31. The predicted octanol–water partition coefficient (Wildman–Crippen LogP) is 4.49. The summed E-state index contributed by atoms with van der Waals surface area (Å²) in [5.41, 5.74) is 2.13. The summed E-state index contributed by atoms with van der Waals surface area (Å²) in [4.78, 5) is 6.47. The molecular formula is C17H22BrNO2. The standard InChI is InChI=1S/C17H22BrNO2/c1-12(2)16-15(19-10-13(3)9-18)11-20-17(21-16)14-7-5-4-6-8-14/h4-10,12,15-17H,11H2,1-3H3/b13-9+,19-10?/t15-,16+,17-/m1/s1. The number of aliphatic imine (C=N–C) groups is 1. The molecule has 0 N–H and O–H groups in total. The molecule has 1 saturated heterocycles. The summed E-state index contributed by atoms with van der Waals surface area (Å²) in [6.45, 7) is 6.90. The number of hydrogen-bond acceptors (Lipinski definition) is 3. The zero-order valence-electron chi connectivity index (χ0n) is 12.7. The summed E-state index contributed by atoms with van der Waals surface area (Å²) in [7, 11) is 0. The third-order valence-electron chi connectivity index (χ3n) is 3.45. The van der Waals surface area contributed by atoms with Crippen LogP contribution in [0, 0.1) is 5.92 Å². The Balaban J connectivity index is 2.09. The summed E-state index contributed by atoms with van der Waals surface area (Å²) in [6, 6.07) is 10.1. The van der Waals surface area contributed by atoms with E-state index in [4.69, 9.17) is 9.47 Å². The quantitative estimate of drug-likeness (QED) is 0.748. The molecule has 0 amide bonds. The molecule has 0 aliphatic carbocycles. The second kappa shape index (κ2) is 7.87. The van der Waals surface area contributed by atoms with E-state index in [2.05, 4.69) is 34.8 Å². The van der Waals surface area contributed by atoms with E-state index >= 15 is 0 Å². The highest BCUT2D eigenvalue weighted by molar-refractivity contribution is 9.11. The van der Waals surface area contributed by atoms with Gasteiger partial charge in [0.05, 0.1) is 18.8 Å². The fraction of sp³-hybridized carbons (Fsp3) is 0.471. The Morgan fingerprint density at radius 2 is 2.05 bits per heavy atom. The van der Waals surface area contributed by atoms with Crippen LogP contribution >= 0.6 is 15.9 Å². The van der Waals surface area contributed by atoms with Crippen LogP contribution in [0.3, 0.4) is 0 Å². The molecule has 21 heavy (non-hydrogen) atoms. The first-order valence-corrected chi connectivity index (χ1v) is 8.15. The van der Waals surface area contributed by atoms with Gasteiger partial charge in [-0.15, -0.1) is 0 Å². The van der Waals surface area contributed by atoms with Gasteiger partial charge in [-0.25, -0.2) is 0 Å². The zero-order chi connectivity index (χ0) is 15.2. The van der Waals surface area contributed by atoms with Gasteiger partial charge < -0.3 is 9.47 Å². The van der Waals surface area contributed by atoms with Crippen molar-refractivity contribution in [3.05, 3.63) is 46.5 Å². The predicted molar refractivity (Wildman–Crippen MR) is 89.8 cm³/mol. The molecule has 3 atom stereocenters. The third-order valence-corrected chi connectivity index (χ3v) is 4.17. The molecule has 1 heterocycles. The molecule has 0 aromatic heterocycles. The van der Waals surface area contributed by atoms with E-state index in [1.165, 1.54) is 0 Å². The minimum absolute atomic E-state index is 0.0346. The van der Waals surface area contributed by atoms with Crippen molar-refractivity contribution in [2.75, 3.05) is 6.61 Å². The molecule has 2 rings (SSSR count). The Bertz CT molecular complexity index is 499. The molecule has 0 bridgehead atoms. The summed E-state index contributed by atoms with van der Waals surface area (Å²) < 4.78 is 12.0. The van der Waals surface area contributed by atoms with Crippen molar-refractivity contribution in [1.82, 2.24) is 0 Å². The average molecular weight is 352 g/mol. The van der Waals surface area contributed by atoms with Crippen LogP contribution in [0.5, 0.6) is 0 Å². The van der Waals surface area contributed by atoms with Gasteiger partial charge in [-0.2, -0.15) is 0 Å². The fourth-order valence-corrected chi connectivity index (χ4v) is 2.43. The number of rotatable bonds is 4. The van der Waals surface area contributed by atoms with Gasteiger partial charge in [0.15, 0.2) is 6.29 Å². The number of ether oxygens (including phenoxy) is 2. The first kappa shape index (κ1) is 16.4.